The Morgan fingerprint density at radius 2 is 1.88 bits per heavy atom. The second-order valence-electron chi connectivity index (χ2n) is 6.39. The molecule has 0 saturated heterocycles. The molecule has 0 aliphatic rings. The summed E-state index contributed by atoms with van der Waals surface area (Å²) in [6.07, 6.45) is 1.51. The predicted octanol–water partition coefficient (Wildman–Crippen LogP) is 3.50. The lowest BCUT2D eigenvalue weighted by atomic mass is 9.96. The number of hydrogen-bond donors (Lipinski definition) is 2. The number of nitrogens with one attached hydrogen (secondary N) is 1. The van der Waals surface area contributed by atoms with Gasteiger partial charge < -0.3 is 15.2 Å². The molecule has 0 spiro atoms. The summed E-state index contributed by atoms with van der Waals surface area (Å²) < 4.78 is 6.14. The summed E-state index contributed by atoms with van der Waals surface area (Å²) in [4.78, 5) is 12.1. The van der Waals surface area contributed by atoms with Crippen molar-refractivity contribution in [3.8, 4) is 5.75 Å². The maximum atomic E-state index is 12.1. The highest BCUT2D eigenvalue weighted by Crippen LogP contribution is 2.18. The van der Waals surface area contributed by atoms with Crippen molar-refractivity contribution in [3.63, 3.8) is 0 Å². The summed E-state index contributed by atoms with van der Waals surface area (Å²) in [7, 11) is 1.62. The van der Waals surface area contributed by atoms with E-state index < -0.39 is 5.60 Å². The number of hydrogen-bond acceptors (Lipinski definition) is 3. The number of methoxy groups -OCH3 is 1. The van der Waals surface area contributed by atoms with Crippen molar-refractivity contribution in [2.24, 2.45) is 0 Å². The number of aliphatic hydroxyl groups is 1. The molecular weight excluding hydrogens is 382 g/mol. The van der Waals surface area contributed by atoms with Crippen LogP contribution >= 0.6 is 15.9 Å². The number of aryl methyl sites for hydroxylation is 1. The zero-order chi connectivity index (χ0) is 18.3. The Balaban J connectivity index is 1.79. The van der Waals surface area contributed by atoms with E-state index in [1.165, 1.54) is 0 Å². The van der Waals surface area contributed by atoms with E-state index in [1.54, 1.807) is 14.0 Å². The van der Waals surface area contributed by atoms with E-state index in [2.05, 4.69) is 21.2 Å². The lowest BCUT2D eigenvalue weighted by Crippen LogP contribution is -2.42. The minimum absolute atomic E-state index is 0.0641. The smallest absolute Gasteiger partial charge is 0.220 e. The van der Waals surface area contributed by atoms with E-state index in [0.717, 1.165) is 21.3 Å². The van der Waals surface area contributed by atoms with Gasteiger partial charge in [0, 0.05) is 23.9 Å². The first-order valence-corrected chi connectivity index (χ1v) is 9.04. The molecule has 0 heterocycles. The van der Waals surface area contributed by atoms with Crippen LogP contribution in [0.3, 0.4) is 0 Å². The molecule has 0 aliphatic carbocycles. The molecule has 0 aliphatic heterocycles. The molecule has 0 unspecified atom stereocenters. The molecule has 0 radical (unpaired) electrons. The largest absolute Gasteiger partial charge is 0.497 e. The molecule has 1 atom stereocenters. The van der Waals surface area contributed by atoms with E-state index in [0.29, 0.717) is 19.3 Å². The molecular formula is C20H24BrNO3. The lowest BCUT2D eigenvalue weighted by Gasteiger charge is -2.24. The van der Waals surface area contributed by atoms with Crippen LogP contribution in [0.5, 0.6) is 5.75 Å². The van der Waals surface area contributed by atoms with Gasteiger partial charge in [0.25, 0.3) is 0 Å². The maximum absolute atomic E-state index is 12.1. The zero-order valence-electron chi connectivity index (χ0n) is 14.6. The number of amides is 1. The monoisotopic (exact) mass is 405 g/mol. The molecule has 2 rings (SSSR count). The maximum Gasteiger partial charge on any atom is 0.220 e. The van der Waals surface area contributed by atoms with Gasteiger partial charge in [0.2, 0.25) is 5.91 Å². The highest BCUT2D eigenvalue weighted by molar-refractivity contribution is 9.10. The number of halogens is 1. The third kappa shape index (κ3) is 6.52. The molecule has 2 aromatic rings. The summed E-state index contributed by atoms with van der Waals surface area (Å²) >= 11 is 3.48. The van der Waals surface area contributed by atoms with Gasteiger partial charge in [0.1, 0.15) is 5.75 Å². The predicted molar refractivity (Wildman–Crippen MR) is 103 cm³/mol. The Bertz CT molecular complexity index is 698. The van der Waals surface area contributed by atoms with Crippen LogP contribution in [0.1, 0.15) is 24.5 Å². The Morgan fingerprint density at radius 1 is 1.20 bits per heavy atom. The van der Waals surface area contributed by atoms with Gasteiger partial charge in [-0.2, -0.15) is 0 Å². The van der Waals surface area contributed by atoms with E-state index in [-0.39, 0.29) is 12.5 Å². The van der Waals surface area contributed by atoms with Crippen LogP contribution in [0, 0.1) is 0 Å². The minimum atomic E-state index is -1.00. The van der Waals surface area contributed by atoms with Gasteiger partial charge in [-0.15, -0.1) is 0 Å². The fourth-order valence-electron chi connectivity index (χ4n) is 2.57. The molecule has 0 aromatic heterocycles. The zero-order valence-corrected chi connectivity index (χ0v) is 16.2. The van der Waals surface area contributed by atoms with Crippen molar-refractivity contribution < 1.29 is 14.6 Å². The normalized spacial score (nSPS) is 13.1. The number of carbonyl (C=O) groups is 1. The van der Waals surface area contributed by atoms with Crippen LogP contribution in [0.25, 0.3) is 0 Å². The lowest BCUT2D eigenvalue weighted by molar-refractivity contribution is -0.122. The summed E-state index contributed by atoms with van der Waals surface area (Å²) in [5.74, 6) is 0.717. The quantitative estimate of drug-likeness (QED) is 0.706. The van der Waals surface area contributed by atoms with Crippen LogP contribution in [0.4, 0.5) is 0 Å². The van der Waals surface area contributed by atoms with Crippen molar-refractivity contribution in [3.05, 3.63) is 64.1 Å². The number of ether oxygens (including phenoxy) is 1. The Hall–Kier alpha value is -1.85. The molecule has 25 heavy (non-hydrogen) atoms. The van der Waals surface area contributed by atoms with Crippen LogP contribution < -0.4 is 10.1 Å². The second-order valence-corrected chi connectivity index (χ2v) is 7.24. The Kier molecular flexibility index (Phi) is 7.02. The third-order valence-electron chi connectivity index (χ3n) is 3.99. The van der Waals surface area contributed by atoms with Gasteiger partial charge in [0.05, 0.1) is 12.7 Å². The Morgan fingerprint density at radius 3 is 2.52 bits per heavy atom. The van der Waals surface area contributed by atoms with Crippen LogP contribution in [0.15, 0.2) is 53.0 Å². The third-order valence-corrected chi connectivity index (χ3v) is 4.76. The van der Waals surface area contributed by atoms with Gasteiger partial charge in [-0.25, -0.2) is 0 Å². The molecule has 4 nitrogen and oxygen atoms in total. The number of rotatable bonds is 8. The molecule has 0 bridgehead atoms. The standard InChI is InChI=1S/C20H24BrNO3/c1-20(24,13-15-7-10-17(25-2)11-8-15)14-22-19(23)12-9-16-5-3-4-6-18(16)21/h3-8,10-11,24H,9,12-14H2,1-2H3,(H,22,23)/t20-/m0/s1. The summed E-state index contributed by atoms with van der Waals surface area (Å²) in [6, 6.07) is 15.4. The van der Waals surface area contributed by atoms with Gasteiger partial charge in [-0.3, -0.25) is 4.79 Å². The topological polar surface area (TPSA) is 58.6 Å². The van der Waals surface area contributed by atoms with Crippen molar-refractivity contribution in [2.75, 3.05) is 13.7 Å². The van der Waals surface area contributed by atoms with Crippen molar-refractivity contribution in [1.29, 1.82) is 0 Å². The molecule has 0 fully saturated rings. The van der Waals surface area contributed by atoms with Crippen molar-refractivity contribution in [2.45, 2.75) is 31.8 Å². The van der Waals surface area contributed by atoms with E-state index in [4.69, 9.17) is 4.74 Å². The molecule has 5 heteroatoms. The number of benzene rings is 2. The van der Waals surface area contributed by atoms with Gasteiger partial charge in [-0.1, -0.05) is 46.3 Å². The second kappa shape index (κ2) is 9.02. The summed E-state index contributed by atoms with van der Waals surface area (Å²) in [5.41, 5.74) is 1.09. The minimum Gasteiger partial charge on any atom is -0.497 e. The fraction of sp³-hybridized carbons (Fsp3) is 0.350. The average molecular weight is 406 g/mol. The van der Waals surface area contributed by atoms with Gasteiger partial charge in [-0.05, 0) is 42.7 Å². The van der Waals surface area contributed by atoms with Gasteiger partial charge in [0.15, 0.2) is 0 Å². The molecule has 2 N–H and O–H groups in total. The van der Waals surface area contributed by atoms with Crippen LogP contribution in [-0.2, 0) is 17.6 Å². The molecule has 0 saturated carbocycles. The van der Waals surface area contributed by atoms with Crippen LogP contribution in [-0.4, -0.2) is 30.3 Å². The first kappa shape index (κ1) is 19.5. The summed E-state index contributed by atoms with van der Waals surface area (Å²) in [5, 5.41) is 13.3. The SMILES string of the molecule is COc1ccc(C[C@](C)(O)CNC(=O)CCc2ccccc2Br)cc1. The van der Waals surface area contributed by atoms with E-state index in [9.17, 15) is 9.90 Å². The first-order valence-electron chi connectivity index (χ1n) is 8.25. The van der Waals surface area contributed by atoms with E-state index >= 15 is 0 Å². The first-order chi connectivity index (χ1) is 11.9. The molecule has 134 valence electrons. The molecule has 2 aromatic carbocycles. The van der Waals surface area contributed by atoms with E-state index in [1.807, 2.05) is 48.5 Å². The fourth-order valence-corrected chi connectivity index (χ4v) is 3.06. The van der Waals surface area contributed by atoms with Gasteiger partial charge >= 0.3 is 0 Å². The van der Waals surface area contributed by atoms with Crippen molar-refractivity contribution >= 4 is 21.8 Å². The average Bonchev–Trinajstić information content (AvgIpc) is 2.60. The highest BCUT2D eigenvalue weighted by atomic mass is 79.9. The Labute approximate surface area is 157 Å². The van der Waals surface area contributed by atoms with Crippen molar-refractivity contribution in [1.82, 2.24) is 5.32 Å². The highest BCUT2D eigenvalue weighted by Gasteiger charge is 2.22. The molecule has 1 amide bonds. The van der Waals surface area contributed by atoms with Crippen LogP contribution in [0.2, 0.25) is 0 Å². The number of carbonyl (C=O) groups excluding carboxylic acids is 1. The summed E-state index contributed by atoms with van der Waals surface area (Å²) in [6.45, 7) is 1.94.